The molecule has 0 heterocycles. The van der Waals surface area contributed by atoms with Gasteiger partial charge in [-0.25, -0.2) is 0 Å². The lowest BCUT2D eigenvalue weighted by atomic mass is 9.83. The van der Waals surface area contributed by atoms with Gasteiger partial charge in [0.15, 0.2) is 5.96 Å². The molecular weight excluding hydrogens is 344 g/mol. The summed E-state index contributed by atoms with van der Waals surface area (Å²) in [7, 11) is 1.83. The second-order valence-electron chi connectivity index (χ2n) is 7.26. The SMILES string of the molecule is C=C(NC(C=O)CCCN=C(N)N)C(C)NC(=O)[C@H](NC)C1CCCCC1. The van der Waals surface area contributed by atoms with Gasteiger partial charge in [0.05, 0.1) is 18.1 Å². The molecule has 1 rings (SSSR count). The van der Waals surface area contributed by atoms with Gasteiger partial charge in [0.25, 0.3) is 0 Å². The number of hydrogen-bond acceptors (Lipinski definition) is 5. The average molecular weight is 381 g/mol. The van der Waals surface area contributed by atoms with Crippen LogP contribution >= 0.6 is 0 Å². The topological polar surface area (TPSA) is 135 Å². The summed E-state index contributed by atoms with van der Waals surface area (Å²) in [6.45, 7) is 6.31. The number of carbonyl (C=O) groups is 2. The molecule has 1 aliphatic rings. The lowest BCUT2D eigenvalue weighted by Crippen LogP contribution is -2.51. The number of likely N-dealkylation sites (N-methyl/N-ethyl adjacent to an activating group) is 1. The van der Waals surface area contributed by atoms with Gasteiger partial charge in [0.1, 0.15) is 6.29 Å². The molecule has 0 aliphatic heterocycles. The predicted octanol–water partition coefficient (Wildman–Crippen LogP) is 0.384. The van der Waals surface area contributed by atoms with Crippen molar-refractivity contribution in [3.05, 3.63) is 12.3 Å². The minimum absolute atomic E-state index is 0.0183. The van der Waals surface area contributed by atoms with Gasteiger partial charge in [0, 0.05) is 12.2 Å². The zero-order chi connectivity index (χ0) is 20.2. The van der Waals surface area contributed by atoms with Crippen LogP contribution in [-0.2, 0) is 9.59 Å². The van der Waals surface area contributed by atoms with E-state index in [0.29, 0.717) is 31.0 Å². The molecule has 8 nitrogen and oxygen atoms in total. The summed E-state index contributed by atoms with van der Waals surface area (Å²) in [6, 6.07) is -0.858. The van der Waals surface area contributed by atoms with Crippen molar-refractivity contribution in [3.63, 3.8) is 0 Å². The standard InChI is InChI=1S/C19H36N6O2/c1-13(24-16(12-26)10-7-11-23-19(20)21)14(2)25-18(27)17(22-3)15-8-5-4-6-9-15/h12,14-17,22,24H,1,4-11H2,2-3H3,(H,25,27)(H4,20,21,23)/t14?,16?,17-/m1/s1. The molecule has 0 saturated heterocycles. The van der Waals surface area contributed by atoms with Crippen LogP contribution in [0.4, 0.5) is 0 Å². The summed E-state index contributed by atoms with van der Waals surface area (Å²) in [5.74, 6) is 0.397. The fraction of sp³-hybridized carbons (Fsp3) is 0.737. The van der Waals surface area contributed by atoms with E-state index in [1.165, 1.54) is 19.3 Å². The van der Waals surface area contributed by atoms with E-state index in [4.69, 9.17) is 11.5 Å². The van der Waals surface area contributed by atoms with E-state index >= 15 is 0 Å². The fourth-order valence-electron chi connectivity index (χ4n) is 3.50. The number of aldehydes is 1. The largest absolute Gasteiger partial charge is 0.378 e. The van der Waals surface area contributed by atoms with E-state index in [1.807, 2.05) is 14.0 Å². The van der Waals surface area contributed by atoms with Crippen molar-refractivity contribution in [1.29, 1.82) is 0 Å². The highest BCUT2D eigenvalue weighted by Crippen LogP contribution is 2.26. The average Bonchev–Trinajstić information content (AvgIpc) is 2.65. The normalized spacial score (nSPS) is 18.0. The summed E-state index contributed by atoms with van der Waals surface area (Å²) in [5, 5.41) is 9.25. The van der Waals surface area contributed by atoms with Gasteiger partial charge >= 0.3 is 0 Å². The summed E-state index contributed by atoms with van der Waals surface area (Å²) >= 11 is 0. The Kier molecular flexibility index (Phi) is 10.5. The zero-order valence-corrected chi connectivity index (χ0v) is 16.7. The maximum atomic E-state index is 12.7. The highest BCUT2D eigenvalue weighted by atomic mass is 16.2. The lowest BCUT2D eigenvalue weighted by molar-refractivity contribution is -0.125. The van der Waals surface area contributed by atoms with Crippen LogP contribution in [0.5, 0.6) is 0 Å². The maximum Gasteiger partial charge on any atom is 0.237 e. The minimum Gasteiger partial charge on any atom is -0.378 e. The number of amides is 1. The van der Waals surface area contributed by atoms with Crippen molar-refractivity contribution in [2.24, 2.45) is 22.4 Å². The molecule has 27 heavy (non-hydrogen) atoms. The molecule has 2 unspecified atom stereocenters. The summed E-state index contributed by atoms with van der Waals surface area (Å²) in [6.07, 6.45) is 7.87. The molecule has 1 amide bonds. The Bertz CT molecular complexity index is 512. The first-order chi connectivity index (χ1) is 12.9. The van der Waals surface area contributed by atoms with Crippen molar-refractivity contribution in [2.45, 2.75) is 70.0 Å². The number of nitrogens with one attached hydrogen (secondary N) is 3. The van der Waals surface area contributed by atoms with E-state index in [0.717, 1.165) is 19.1 Å². The molecule has 0 spiro atoms. The van der Waals surface area contributed by atoms with Gasteiger partial charge in [-0.15, -0.1) is 0 Å². The Balaban J connectivity index is 2.47. The number of carbonyl (C=O) groups excluding carboxylic acids is 2. The molecule has 7 N–H and O–H groups in total. The second kappa shape index (κ2) is 12.3. The molecule has 0 aromatic rings. The minimum atomic E-state index is -0.385. The highest BCUT2D eigenvalue weighted by Gasteiger charge is 2.29. The molecule has 1 aliphatic carbocycles. The Morgan fingerprint density at radius 3 is 2.48 bits per heavy atom. The zero-order valence-electron chi connectivity index (χ0n) is 16.7. The fourth-order valence-corrected chi connectivity index (χ4v) is 3.50. The van der Waals surface area contributed by atoms with Gasteiger partial charge < -0.3 is 32.2 Å². The van der Waals surface area contributed by atoms with E-state index in [2.05, 4.69) is 27.5 Å². The van der Waals surface area contributed by atoms with E-state index in [9.17, 15) is 9.59 Å². The van der Waals surface area contributed by atoms with Crippen LogP contribution in [0.15, 0.2) is 17.3 Å². The molecule has 0 radical (unpaired) electrons. The monoisotopic (exact) mass is 380 g/mol. The number of nitrogens with zero attached hydrogens (tertiary/aromatic N) is 1. The predicted molar refractivity (Wildman–Crippen MR) is 109 cm³/mol. The Hall–Kier alpha value is -2.09. The smallest absolute Gasteiger partial charge is 0.237 e. The summed E-state index contributed by atoms with van der Waals surface area (Å²) in [5.41, 5.74) is 11.2. The van der Waals surface area contributed by atoms with Crippen LogP contribution in [0.2, 0.25) is 0 Å². The number of guanidine groups is 1. The van der Waals surface area contributed by atoms with Gasteiger partial charge in [-0.05, 0) is 45.6 Å². The van der Waals surface area contributed by atoms with Crippen LogP contribution in [-0.4, -0.2) is 49.9 Å². The molecule has 1 fully saturated rings. The van der Waals surface area contributed by atoms with Crippen molar-refractivity contribution in [3.8, 4) is 0 Å². The maximum absolute atomic E-state index is 12.7. The van der Waals surface area contributed by atoms with E-state index in [1.54, 1.807) is 0 Å². The molecule has 3 atom stereocenters. The first-order valence-corrected chi connectivity index (χ1v) is 9.82. The third kappa shape index (κ3) is 8.43. The second-order valence-corrected chi connectivity index (χ2v) is 7.26. The van der Waals surface area contributed by atoms with Crippen LogP contribution in [0, 0.1) is 5.92 Å². The number of nitrogens with two attached hydrogens (primary N) is 2. The molecule has 8 heteroatoms. The number of aliphatic imine (C=N–C) groups is 1. The Labute approximate surface area is 162 Å². The third-order valence-corrected chi connectivity index (χ3v) is 5.10. The molecule has 154 valence electrons. The molecule has 0 aromatic heterocycles. The van der Waals surface area contributed by atoms with Crippen molar-refractivity contribution >= 4 is 18.2 Å². The van der Waals surface area contributed by atoms with Gasteiger partial charge in [-0.2, -0.15) is 0 Å². The van der Waals surface area contributed by atoms with Crippen LogP contribution in [0.3, 0.4) is 0 Å². The highest BCUT2D eigenvalue weighted by molar-refractivity contribution is 5.82. The van der Waals surface area contributed by atoms with Gasteiger partial charge in [-0.1, -0.05) is 25.8 Å². The molecular formula is C19H36N6O2. The molecule has 1 saturated carbocycles. The summed E-state index contributed by atoms with van der Waals surface area (Å²) < 4.78 is 0. The number of hydrogen-bond donors (Lipinski definition) is 5. The van der Waals surface area contributed by atoms with Crippen molar-refractivity contribution < 1.29 is 9.59 Å². The van der Waals surface area contributed by atoms with Gasteiger partial charge in [0.2, 0.25) is 5.91 Å². The van der Waals surface area contributed by atoms with Crippen LogP contribution in [0.25, 0.3) is 0 Å². The lowest BCUT2D eigenvalue weighted by Gasteiger charge is -2.30. The first kappa shape index (κ1) is 23.0. The van der Waals surface area contributed by atoms with E-state index < -0.39 is 0 Å². The first-order valence-electron chi connectivity index (χ1n) is 9.82. The van der Waals surface area contributed by atoms with Crippen molar-refractivity contribution in [1.82, 2.24) is 16.0 Å². The molecule has 0 bridgehead atoms. The van der Waals surface area contributed by atoms with Crippen LogP contribution < -0.4 is 27.4 Å². The third-order valence-electron chi connectivity index (χ3n) is 5.10. The number of rotatable bonds is 12. The van der Waals surface area contributed by atoms with Gasteiger partial charge in [-0.3, -0.25) is 9.79 Å². The van der Waals surface area contributed by atoms with Crippen molar-refractivity contribution in [2.75, 3.05) is 13.6 Å². The Morgan fingerprint density at radius 2 is 1.93 bits per heavy atom. The Morgan fingerprint density at radius 1 is 1.26 bits per heavy atom. The molecule has 0 aromatic carbocycles. The van der Waals surface area contributed by atoms with Crippen LogP contribution in [0.1, 0.15) is 51.9 Å². The quantitative estimate of drug-likeness (QED) is 0.144. The van der Waals surface area contributed by atoms with E-state index in [-0.39, 0.29) is 30.0 Å². The summed E-state index contributed by atoms with van der Waals surface area (Å²) in [4.78, 5) is 27.9.